The first kappa shape index (κ1) is 21.0. The molecule has 3 N–H and O–H groups in total. The number of urea groups is 1. The molecule has 0 fully saturated rings. The van der Waals surface area contributed by atoms with E-state index in [0.29, 0.717) is 27.5 Å². The topological polar surface area (TPSA) is 105 Å². The summed E-state index contributed by atoms with van der Waals surface area (Å²) in [7, 11) is 0. The van der Waals surface area contributed by atoms with E-state index in [1.54, 1.807) is 12.1 Å². The average Bonchev–Trinajstić information content (AvgIpc) is 3.00. The third kappa shape index (κ3) is 7.43. The van der Waals surface area contributed by atoms with Crippen LogP contribution in [0.2, 0.25) is 0 Å². The van der Waals surface area contributed by atoms with Crippen LogP contribution in [0.25, 0.3) is 0 Å². The summed E-state index contributed by atoms with van der Waals surface area (Å²) >= 11 is 2.46. The maximum absolute atomic E-state index is 12.2. The molecule has 8 nitrogen and oxygen atoms in total. The third-order valence-electron chi connectivity index (χ3n) is 2.90. The number of aromatic nitrogens is 2. The van der Waals surface area contributed by atoms with Crippen LogP contribution in [-0.4, -0.2) is 40.0 Å². The van der Waals surface area contributed by atoms with Gasteiger partial charge in [0.1, 0.15) is 5.75 Å². The molecule has 0 aliphatic rings. The summed E-state index contributed by atoms with van der Waals surface area (Å²) in [6.45, 7) is 8.06. The predicted octanol–water partition coefficient (Wildman–Crippen LogP) is 3.59. The van der Waals surface area contributed by atoms with Gasteiger partial charge in [-0.05, 0) is 39.8 Å². The number of carbonyl (C=O) groups excluding carboxylic acids is 2. The van der Waals surface area contributed by atoms with Crippen LogP contribution < -0.4 is 20.7 Å². The molecule has 0 spiro atoms. The minimum Gasteiger partial charge on any atom is -0.492 e. The van der Waals surface area contributed by atoms with Gasteiger partial charge in [-0.25, -0.2) is 4.79 Å². The van der Waals surface area contributed by atoms with Crippen molar-refractivity contribution in [2.45, 2.75) is 37.6 Å². The zero-order valence-electron chi connectivity index (χ0n) is 15.7. The predicted molar refractivity (Wildman–Crippen MR) is 109 cm³/mol. The number of nitrogens with zero attached hydrogens (tertiary/aromatic N) is 2. The maximum atomic E-state index is 12.2. The molecule has 0 radical (unpaired) electrons. The number of thioether (sulfide) groups is 1. The van der Waals surface area contributed by atoms with E-state index >= 15 is 0 Å². The number of ether oxygens (including phenoxy) is 1. The van der Waals surface area contributed by atoms with Gasteiger partial charge in [0.25, 0.3) is 0 Å². The van der Waals surface area contributed by atoms with E-state index in [0.717, 1.165) is 0 Å². The average molecular weight is 410 g/mol. The first-order chi connectivity index (χ1) is 12.8. The Kier molecular flexibility index (Phi) is 7.43. The van der Waals surface area contributed by atoms with Gasteiger partial charge in [-0.1, -0.05) is 35.2 Å². The molecular weight excluding hydrogens is 386 g/mol. The first-order valence-electron chi connectivity index (χ1n) is 8.34. The highest BCUT2D eigenvalue weighted by molar-refractivity contribution is 8.01. The maximum Gasteiger partial charge on any atom is 0.321 e. The van der Waals surface area contributed by atoms with Crippen molar-refractivity contribution in [3.05, 3.63) is 24.3 Å². The summed E-state index contributed by atoms with van der Waals surface area (Å²) in [5.41, 5.74) is 0.283. The molecule has 2 rings (SSSR count). The molecule has 0 saturated carbocycles. The Bertz CT molecular complexity index is 789. The number of amides is 3. The van der Waals surface area contributed by atoms with Crippen molar-refractivity contribution in [1.29, 1.82) is 0 Å². The number of nitrogens with one attached hydrogen (secondary N) is 3. The molecule has 1 heterocycles. The van der Waals surface area contributed by atoms with Gasteiger partial charge in [0, 0.05) is 5.54 Å². The summed E-state index contributed by atoms with van der Waals surface area (Å²) in [6.07, 6.45) is 0. The number of para-hydroxylation sites is 2. The standard InChI is InChI=1S/C17H23N5O3S2/c1-5-25-12-9-7-6-8-11(12)18-13(23)10-26-16-22-21-15(27-16)19-14(24)20-17(2,3)4/h6-9H,5,10H2,1-4H3,(H,18,23)(H2,19,20,21,24). The molecule has 0 atom stereocenters. The molecule has 3 amide bonds. The lowest BCUT2D eigenvalue weighted by Gasteiger charge is -2.19. The van der Waals surface area contributed by atoms with Gasteiger partial charge in [-0.3, -0.25) is 10.1 Å². The van der Waals surface area contributed by atoms with Crippen molar-refractivity contribution in [2.24, 2.45) is 0 Å². The van der Waals surface area contributed by atoms with Gasteiger partial charge in [0.15, 0.2) is 4.34 Å². The molecule has 146 valence electrons. The largest absolute Gasteiger partial charge is 0.492 e. The van der Waals surface area contributed by atoms with Crippen molar-refractivity contribution >= 4 is 45.9 Å². The Morgan fingerprint density at radius 2 is 1.93 bits per heavy atom. The number of anilines is 2. The van der Waals surface area contributed by atoms with Gasteiger partial charge in [0.05, 0.1) is 18.0 Å². The number of benzene rings is 1. The summed E-state index contributed by atoms with van der Waals surface area (Å²) in [5, 5.41) is 16.5. The zero-order chi connectivity index (χ0) is 19.9. The van der Waals surface area contributed by atoms with E-state index in [1.165, 1.54) is 23.1 Å². The smallest absolute Gasteiger partial charge is 0.321 e. The fourth-order valence-corrected chi connectivity index (χ4v) is 3.50. The van der Waals surface area contributed by atoms with Crippen molar-refractivity contribution in [3.8, 4) is 5.75 Å². The molecule has 10 heteroatoms. The van der Waals surface area contributed by atoms with Crippen LogP contribution in [0.1, 0.15) is 27.7 Å². The van der Waals surface area contributed by atoms with Crippen molar-refractivity contribution in [2.75, 3.05) is 23.0 Å². The van der Waals surface area contributed by atoms with Crippen LogP contribution in [0.3, 0.4) is 0 Å². The highest BCUT2D eigenvalue weighted by atomic mass is 32.2. The number of hydrogen-bond acceptors (Lipinski definition) is 7. The van der Waals surface area contributed by atoms with Gasteiger partial charge in [0.2, 0.25) is 11.0 Å². The Balaban J connectivity index is 1.84. The molecule has 0 aliphatic carbocycles. The molecule has 0 aliphatic heterocycles. The minimum atomic E-state index is -0.347. The van der Waals surface area contributed by atoms with E-state index in [9.17, 15) is 9.59 Å². The van der Waals surface area contributed by atoms with Crippen molar-refractivity contribution in [3.63, 3.8) is 0 Å². The Labute approximate surface area is 166 Å². The molecule has 1 aromatic carbocycles. The third-order valence-corrected chi connectivity index (χ3v) is 4.88. The Hall–Kier alpha value is -2.33. The van der Waals surface area contributed by atoms with Crippen LogP contribution in [0.15, 0.2) is 28.6 Å². The van der Waals surface area contributed by atoms with Crippen molar-refractivity contribution in [1.82, 2.24) is 15.5 Å². The van der Waals surface area contributed by atoms with Crippen LogP contribution in [0.4, 0.5) is 15.6 Å². The van der Waals surface area contributed by atoms with Gasteiger partial charge >= 0.3 is 6.03 Å². The molecule has 2 aromatic rings. The second-order valence-corrected chi connectivity index (χ2v) is 8.67. The van der Waals surface area contributed by atoms with Crippen LogP contribution >= 0.6 is 23.1 Å². The highest BCUT2D eigenvalue weighted by Gasteiger charge is 2.16. The summed E-state index contributed by atoms with van der Waals surface area (Å²) in [4.78, 5) is 24.0. The quantitative estimate of drug-likeness (QED) is 0.477. The van der Waals surface area contributed by atoms with Gasteiger partial charge in [-0.2, -0.15) is 0 Å². The lowest BCUT2D eigenvalue weighted by atomic mass is 10.1. The van der Waals surface area contributed by atoms with Gasteiger partial charge < -0.3 is 15.4 Å². The second-order valence-electron chi connectivity index (χ2n) is 6.47. The SMILES string of the molecule is CCOc1ccccc1NC(=O)CSc1nnc(NC(=O)NC(C)(C)C)s1. The second kappa shape index (κ2) is 9.56. The van der Waals surface area contributed by atoms with E-state index in [-0.39, 0.29) is 23.2 Å². The lowest BCUT2D eigenvalue weighted by molar-refractivity contribution is -0.113. The normalized spacial score (nSPS) is 11.0. The fourth-order valence-electron chi connectivity index (χ4n) is 1.95. The van der Waals surface area contributed by atoms with E-state index in [4.69, 9.17) is 4.74 Å². The van der Waals surface area contributed by atoms with Crippen LogP contribution in [0.5, 0.6) is 5.75 Å². The molecule has 0 bridgehead atoms. The molecule has 0 saturated heterocycles. The highest BCUT2D eigenvalue weighted by Crippen LogP contribution is 2.27. The van der Waals surface area contributed by atoms with E-state index < -0.39 is 0 Å². The summed E-state index contributed by atoms with van der Waals surface area (Å²) < 4.78 is 6.08. The molecule has 27 heavy (non-hydrogen) atoms. The molecule has 0 unspecified atom stereocenters. The van der Waals surface area contributed by atoms with E-state index in [1.807, 2.05) is 39.8 Å². The Morgan fingerprint density at radius 3 is 2.63 bits per heavy atom. The zero-order valence-corrected chi connectivity index (χ0v) is 17.3. The minimum absolute atomic E-state index is 0.170. The van der Waals surface area contributed by atoms with Gasteiger partial charge in [-0.15, -0.1) is 10.2 Å². The summed E-state index contributed by atoms with van der Waals surface area (Å²) in [5.74, 6) is 0.622. The molecule has 1 aromatic heterocycles. The Morgan fingerprint density at radius 1 is 1.19 bits per heavy atom. The lowest BCUT2D eigenvalue weighted by Crippen LogP contribution is -2.43. The summed E-state index contributed by atoms with van der Waals surface area (Å²) in [6, 6.07) is 6.92. The monoisotopic (exact) mass is 409 g/mol. The van der Waals surface area contributed by atoms with Crippen LogP contribution in [-0.2, 0) is 4.79 Å². The number of hydrogen-bond donors (Lipinski definition) is 3. The van der Waals surface area contributed by atoms with E-state index in [2.05, 4.69) is 26.1 Å². The molecular formula is C17H23N5O3S2. The fraction of sp³-hybridized carbons (Fsp3) is 0.412. The first-order valence-corrected chi connectivity index (χ1v) is 10.1. The van der Waals surface area contributed by atoms with Crippen molar-refractivity contribution < 1.29 is 14.3 Å². The number of carbonyl (C=O) groups is 2. The van der Waals surface area contributed by atoms with Crippen LogP contribution in [0, 0.1) is 0 Å². The number of rotatable bonds is 7.